The molecule has 0 amide bonds. The van der Waals surface area contributed by atoms with Crippen molar-refractivity contribution in [3.63, 3.8) is 0 Å². The molecule has 0 spiro atoms. The maximum Gasteiger partial charge on any atom is 0.229 e. The zero-order valence-corrected chi connectivity index (χ0v) is 22.8. The van der Waals surface area contributed by atoms with E-state index in [2.05, 4.69) is 61.1 Å². The van der Waals surface area contributed by atoms with Crippen molar-refractivity contribution < 1.29 is 4.74 Å². The Hall–Kier alpha value is -2.67. The van der Waals surface area contributed by atoms with Crippen LogP contribution in [0.4, 0.5) is 17.5 Å². The van der Waals surface area contributed by atoms with Gasteiger partial charge in [-0.2, -0.15) is 9.97 Å². The molecule has 0 bridgehead atoms. The van der Waals surface area contributed by atoms with Gasteiger partial charge in [0, 0.05) is 32.9 Å². The number of aromatic nitrogens is 4. The highest BCUT2D eigenvalue weighted by Crippen LogP contribution is 2.37. The van der Waals surface area contributed by atoms with Crippen LogP contribution in [0.5, 0.6) is 0 Å². The molecule has 1 aliphatic heterocycles. The van der Waals surface area contributed by atoms with Crippen molar-refractivity contribution in [2.24, 2.45) is 18.9 Å². The highest BCUT2D eigenvalue weighted by atomic mass is 16.5. The van der Waals surface area contributed by atoms with Gasteiger partial charge in [-0.3, -0.25) is 0 Å². The monoisotopic (exact) mass is 490 g/mol. The minimum atomic E-state index is 0.0793. The lowest BCUT2D eigenvalue weighted by atomic mass is 9.75. The summed E-state index contributed by atoms with van der Waals surface area (Å²) in [5, 5.41) is 3.65. The first kappa shape index (κ1) is 25.0. The molecule has 7 nitrogen and oxygen atoms in total. The van der Waals surface area contributed by atoms with Crippen LogP contribution in [0, 0.1) is 18.8 Å². The zero-order valence-electron chi connectivity index (χ0n) is 22.8. The second-order valence-corrected chi connectivity index (χ2v) is 11.9. The molecule has 1 saturated carbocycles. The average molecular weight is 491 g/mol. The molecule has 0 radical (unpaired) electrons. The van der Waals surface area contributed by atoms with Crippen molar-refractivity contribution in [2.45, 2.75) is 77.7 Å². The maximum atomic E-state index is 5.58. The van der Waals surface area contributed by atoms with Crippen LogP contribution in [-0.2, 0) is 17.2 Å². The first-order valence-electron chi connectivity index (χ1n) is 13.6. The molecule has 2 fully saturated rings. The van der Waals surface area contributed by atoms with E-state index >= 15 is 0 Å². The molecule has 1 aromatic carbocycles. The summed E-state index contributed by atoms with van der Waals surface area (Å²) in [5.74, 6) is 3.25. The number of methoxy groups -OCH3 is 1. The van der Waals surface area contributed by atoms with Gasteiger partial charge in [0.2, 0.25) is 5.95 Å². The SMILES string of the molecule is COC1CCC(C2CCN(c3nc(Nc4cc(C(C)(C)C)ccc4C)c4c(ncn4C)n3)CC2)CC1. The average Bonchev–Trinajstić information content (AvgIpc) is 3.25. The van der Waals surface area contributed by atoms with Gasteiger partial charge in [-0.1, -0.05) is 32.9 Å². The Morgan fingerprint density at radius 1 is 0.972 bits per heavy atom. The molecule has 2 aromatic heterocycles. The number of imidazole rings is 1. The van der Waals surface area contributed by atoms with Crippen molar-refractivity contribution in [3.05, 3.63) is 35.7 Å². The molecule has 36 heavy (non-hydrogen) atoms. The summed E-state index contributed by atoms with van der Waals surface area (Å²) >= 11 is 0. The molecule has 5 rings (SSSR count). The van der Waals surface area contributed by atoms with E-state index in [0.717, 1.165) is 53.5 Å². The first-order valence-corrected chi connectivity index (χ1v) is 13.6. The van der Waals surface area contributed by atoms with E-state index in [1.165, 1.54) is 49.7 Å². The van der Waals surface area contributed by atoms with Crippen LogP contribution in [-0.4, -0.2) is 45.8 Å². The second kappa shape index (κ2) is 10.0. The lowest BCUT2D eigenvalue weighted by molar-refractivity contribution is 0.0435. The van der Waals surface area contributed by atoms with Gasteiger partial charge >= 0.3 is 0 Å². The Labute approximate surface area is 215 Å². The quantitative estimate of drug-likeness (QED) is 0.464. The van der Waals surface area contributed by atoms with Gasteiger partial charge in [0.1, 0.15) is 5.52 Å². The molecule has 1 aliphatic carbocycles. The number of rotatable bonds is 5. The number of ether oxygens (including phenoxy) is 1. The summed E-state index contributed by atoms with van der Waals surface area (Å²) in [6.07, 6.45) is 9.76. The number of anilines is 3. The molecular formula is C29H42N6O. The highest BCUT2D eigenvalue weighted by molar-refractivity contribution is 5.87. The molecule has 0 atom stereocenters. The molecule has 7 heteroatoms. The summed E-state index contributed by atoms with van der Waals surface area (Å²) in [5.41, 5.74) is 5.34. The van der Waals surface area contributed by atoms with E-state index in [0.29, 0.717) is 6.10 Å². The van der Waals surface area contributed by atoms with Crippen LogP contribution < -0.4 is 10.2 Å². The van der Waals surface area contributed by atoms with Crippen molar-refractivity contribution in [2.75, 3.05) is 30.4 Å². The van der Waals surface area contributed by atoms with E-state index in [4.69, 9.17) is 14.7 Å². The number of hydrogen-bond donors (Lipinski definition) is 1. The summed E-state index contributed by atoms with van der Waals surface area (Å²) in [6, 6.07) is 6.66. The fourth-order valence-electron chi connectivity index (χ4n) is 5.99. The lowest BCUT2D eigenvalue weighted by Crippen LogP contribution is -2.38. The Morgan fingerprint density at radius 2 is 1.67 bits per heavy atom. The minimum absolute atomic E-state index is 0.0793. The van der Waals surface area contributed by atoms with Crippen molar-refractivity contribution in [3.8, 4) is 0 Å². The zero-order chi connectivity index (χ0) is 25.4. The molecule has 2 aliphatic rings. The van der Waals surface area contributed by atoms with E-state index in [1.54, 1.807) is 0 Å². The van der Waals surface area contributed by atoms with Crippen molar-refractivity contribution in [1.29, 1.82) is 0 Å². The van der Waals surface area contributed by atoms with Crippen LogP contribution in [0.2, 0.25) is 0 Å². The second-order valence-electron chi connectivity index (χ2n) is 11.9. The van der Waals surface area contributed by atoms with Crippen molar-refractivity contribution in [1.82, 2.24) is 19.5 Å². The first-order chi connectivity index (χ1) is 17.2. The number of benzene rings is 1. The lowest BCUT2D eigenvalue weighted by Gasteiger charge is -2.39. The van der Waals surface area contributed by atoms with Gasteiger partial charge in [0.25, 0.3) is 0 Å². The van der Waals surface area contributed by atoms with E-state index in [-0.39, 0.29) is 5.41 Å². The molecule has 0 unspecified atom stereocenters. The van der Waals surface area contributed by atoms with Crippen LogP contribution in [0.15, 0.2) is 24.5 Å². The smallest absolute Gasteiger partial charge is 0.229 e. The molecule has 194 valence electrons. The topological polar surface area (TPSA) is 68.1 Å². The number of aryl methyl sites for hydroxylation is 2. The Balaban J connectivity index is 1.37. The molecular weight excluding hydrogens is 448 g/mol. The molecule has 1 N–H and O–H groups in total. The summed E-state index contributed by atoms with van der Waals surface area (Å²) in [7, 11) is 3.86. The third-order valence-corrected chi connectivity index (χ3v) is 8.46. The standard InChI is InChI=1S/C29H42N6O/c1-19-7-10-22(29(2,3)4)17-24(19)31-27-25-26(30-18-34(25)5)32-28(33-27)35-15-13-21(14-16-35)20-8-11-23(36-6)12-9-20/h7,10,17-18,20-21,23H,8-9,11-16H2,1-6H3,(H,31,32,33). The highest BCUT2D eigenvalue weighted by Gasteiger charge is 2.31. The van der Waals surface area contributed by atoms with Gasteiger partial charge in [-0.15, -0.1) is 0 Å². The number of piperidine rings is 1. The van der Waals surface area contributed by atoms with Gasteiger partial charge in [-0.05, 0) is 79.9 Å². The minimum Gasteiger partial charge on any atom is -0.381 e. The third-order valence-electron chi connectivity index (χ3n) is 8.46. The normalized spacial score (nSPS) is 21.8. The van der Waals surface area contributed by atoms with Gasteiger partial charge in [0.05, 0.1) is 12.4 Å². The van der Waals surface area contributed by atoms with E-state index < -0.39 is 0 Å². The van der Waals surface area contributed by atoms with Gasteiger partial charge in [-0.25, -0.2) is 4.98 Å². The molecule has 3 aromatic rings. The maximum absolute atomic E-state index is 5.58. The van der Waals surface area contributed by atoms with Gasteiger partial charge < -0.3 is 19.5 Å². The van der Waals surface area contributed by atoms with Crippen LogP contribution in [0.3, 0.4) is 0 Å². The van der Waals surface area contributed by atoms with Crippen LogP contribution >= 0.6 is 0 Å². The third kappa shape index (κ3) is 5.08. The van der Waals surface area contributed by atoms with Gasteiger partial charge in [0.15, 0.2) is 11.5 Å². The summed E-state index contributed by atoms with van der Waals surface area (Å²) in [4.78, 5) is 16.9. The van der Waals surface area contributed by atoms with Crippen molar-refractivity contribution >= 4 is 28.6 Å². The fraction of sp³-hybridized carbons (Fsp3) is 0.621. The summed E-state index contributed by atoms with van der Waals surface area (Å²) < 4.78 is 7.59. The fourth-order valence-corrected chi connectivity index (χ4v) is 5.99. The summed E-state index contributed by atoms with van der Waals surface area (Å²) in [6.45, 7) is 10.9. The van der Waals surface area contributed by atoms with E-state index in [1.807, 2.05) is 25.1 Å². The number of fused-ring (bicyclic) bond motifs is 1. The molecule has 1 saturated heterocycles. The number of hydrogen-bond acceptors (Lipinski definition) is 6. The predicted octanol–water partition coefficient (Wildman–Crippen LogP) is 6.13. The Bertz CT molecular complexity index is 1200. The largest absolute Gasteiger partial charge is 0.381 e. The Morgan fingerprint density at radius 3 is 2.33 bits per heavy atom. The van der Waals surface area contributed by atoms with E-state index in [9.17, 15) is 0 Å². The Kier molecular flexibility index (Phi) is 6.95. The number of nitrogens with zero attached hydrogens (tertiary/aromatic N) is 5. The number of nitrogens with one attached hydrogen (secondary N) is 1. The molecule has 3 heterocycles. The predicted molar refractivity (Wildman–Crippen MR) is 147 cm³/mol. The van der Waals surface area contributed by atoms with Crippen LogP contribution in [0.1, 0.15) is 70.4 Å². The van der Waals surface area contributed by atoms with Crippen LogP contribution in [0.25, 0.3) is 11.2 Å².